The fourth-order valence-electron chi connectivity index (χ4n) is 13.9. The Kier molecular flexibility index (Phi) is 6.72. The quantitative estimate of drug-likeness (QED) is 0.406. The molecule has 256 valence electrons. The third kappa shape index (κ3) is 4.30. The van der Waals surface area contributed by atoms with Crippen LogP contribution in [0.1, 0.15) is 47.9 Å². The molecule has 0 radical (unpaired) electrons. The van der Waals surface area contributed by atoms with E-state index in [-0.39, 0.29) is 0 Å². The van der Waals surface area contributed by atoms with Gasteiger partial charge in [-0.3, -0.25) is 17.9 Å². The van der Waals surface area contributed by atoms with Crippen molar-refractivity contribution in [2.75, 3.05) is 105 Å². The van der Waals surface area contributed by atoms with Crippen LogP contribution in [0, 0.1) is 0 Å². The summed E-state index contributed by atoms with van der Waals surface area (Å²) >= 11 is 0. The van der Waals surface area contributed by atoms with Crippen LogP contribution in [0.4, 0.5) is 0 Å². The second-order valence-electron chi connectivity index (χ2n) is 18.1. The molecule has 8 saturated heterocycles. The van der Waals surface area contributed by atoms with Gasteiger partial charge in [0.15, 0.2) is 0 Å². The van der Waals surface area contributed by atoms with Gasteiger partial charge in [0.1, 0.15) is 26.2 Å². The van der Waals surface area contributed by atoms with Crippen molar-refractivity contribution in [2.45, 2.75) is 76.5 Å². The molecule has 0 amide bonds. The zero-order valence-corrected chi connectivity index (χ0v) is 29.5. The molecule has 0 aromatic heterocycles. The van der Waals surface area contributed by atoms with E-state index in [1.54, 1.807) is 22.3 Å². The van der Waals surface area contributed by atoms with E-state index >= 15 is 0 Å². The first-order chi connectivity index (χ1) is 23.6. The first-order valence-corrected chi connectivity index (χ1v) is 20.1. The summed E-state index contributed by atoms with van der Waals surface area (Å²) in [6.07, 6.45) is 7.99. The van der Waals surface area contributed by atoms with E-state index in [4.69, 9.17) is 0 Å². The molecule has 8 heteroatoms. The standard InChI is InChI=1S/C40H60N8/c1-13-41-17-26-46-22-2-14-42-18-25-45(21-1,37(41)38(42)46)29-33-5-7-34(8-6-33)31-47-23-3-15-43-20-28-48(32-36-11-9-35(30-46)10-12-36)24-4-16-44(19-27-47)40(48)39(43)47/h5-12,37-40H,1-4,13-32H2/q+4. The summed E-state index contributed by atoms with van der Waals surface area (Å²) in [4.78, 5) is 11.9. The molecule has 8 unspecified atom stereocenters. The first kappa shape index (κ1) is 29.8. The molecule has 8 nitrogen and oxygen atoms in total. The minimum Gasteiger partial charge on any atom is -0.297 e. The monoisotopic (exact) mass is 652 g/mol. The summed E-state index contributed by atoms with van der Waals surface area (Å²) in [5.41, 5.74) is 6.35. The third-order valence-corrected chi connectivity index (χ3v) is 15.8. The van der Waals surface area contributed by atoms with Crippen LogP contribution in [0.25, 0.3) is 0 Å². The number of nitrogens with zero attached hydrogens (tertiary/aromatic N) is 8. The van der Waals surface area contributed by atoms with Gasteiger partial charge >= 0.3 is 0 Å². The Morgan fingerprint density at radius 3 is 0.771 bits per heavy atom. The molecule has 12 heterocycles. The van der Waals surface area contributed by atoms with Gasteiger partial charge in [0.25, 0.3) is 0 Å². The predicted molar refractivity (Wildman–Crippen MR) is 188 cm³/mol. The normalized spacial score (nSPS) is 44.3. The second kappa shape index (κ2) is 10.8. The average Bonchev–Trinajstić information content (AvgIpc) is 3.11. The molecular formula is C40H60N8+4. The van der Waals surface area contributed by atoms with Crippen LogP contribution in [0.5, 0.6) is 0 Å². The van der Waals surface area contributed by atoms with Gasteiger partial charge in [-0.1, -0.05) is 48.5 Å². The van der Waals surface area contributed by atoms with Crippen molar-refractivity contribution in [3.8, 4) is 0 Å². The Labute approximate surface area is 289 Å². The van der Waals surface area contributed by atoms with E-state index in [1.165, 1.54) is 175 Å². The number of benzene rings is 2. The molecule has 12 aliphatic rings. The lowest BCUT2D eigenvalue weighted by Crippen LogP contribution is -2.87. The largest absolute Gasteiger partial charge is 0.297 e. The smallest absolute Gasteiger partial charge is 0.214 e. The minimum atomic E-state index is 0.638. The maximum Gasteiger partial charge on any atom is 0.214 e. The average molecular weight is 653 g/mol. The number of rotatable bonds is 0. The highest BCUT2D eigenvalue weighted by molar-refractivity contribution is 5.23. The van der Waals surface area contributed by atoms with Crippen LogP contribution >= 0.6 is 0 Å². The number of hydrogen-bond acceptors (Lipinski definition) is 4. The Hall–Kier alpha value is -1.88. The predicted octanol–water partition coefficient (Wildman–Crippen LogP) is 2.85. The van der Waals surface area contributed by atoms with Gasteiger partial charge < -0.3 is 0 Å². The van der Waals surface area contributed by atoms with Gasteiger partial charge in [-0.25, -0.2) is 19.6 Å². The number of quaternary nitrogens is 4. The number of hydrogen-bond donors (Lipinski definition) is 0. The van der Waals surface area contributed by atoms with Gasteiger partial charge in [0.05, 0.1) is 78.5 Å². The summed E-state index contributed by atoms with van der Waals surface area (Å²) in [6.45, 7) is 25.9. The lowest BCUT2D eigenvalue weighted by atomic mass is 9.91. The van der Waals surface area contributed by atoms with Crippen molar-refractivity contribution >= 4 is 0 Å². The second-order valence-corrected chi connectivity index (χ2v) is 18.1. The maximum absolute atomic E-state index is 2.97. The lowest BCUT2D eigenvalue weighted by molar-refractivity contribution is -1.07. The van der Waals surface area contributed by atoms with Gasteiger partial charge in [0.2, 0.25) is 24.7 Å². The molecule has 14 rings (SSSR count). The molecule has 0 spiro atoms. The topological polar surface area (TPSA) is 13.0 Å². The summed E-state index contributed by atoms with van der Waals surface area (Å²) in [5.74, 6) is 0. The molecular weight excluding hydrogens is 592 g/mol. The van der Waals surface area contributed by atoms with Crippen molar-refractivity contribution in [1.29, 1.82) is 0 Å². The van der Waals surface area contributed by atoms with Crippen molar-refractivity contribution in [2.24, 2.45) is 0 Å². The fraction of sp³-hybridized carbons (Fsp3) is 0.700. The Balaban J connectivity index is 1.04. The van der Waals surface area contributed by atoms with E-state index in [1.807, 2.05) is 0 Å². The zero-order chi connectivity index (χ0) is 31.6. The SMILES string of the molecule is c1cc2ccc1C[N+]13CCCN4CC[N+]5(CCCN(CC1)C5C43)Cc1ccc(cc1)C[N+]13CCCN4CC[N+]5(CCCN(CC1)C5C43)C2. The molecule has 0 aliphatic carbocycles. The molecule has 8 atom stereocenters. The van der Waals surface area contributed by atoms with Gasteiger partial charge in [-0.2, -0.15) is 0 Å². The summed E-state index contributed by atoms with van der Waals surface area (Å²) in [6, 6.07) is 20.6. The first-order valence-electron chi connectivity index (χ1n) is 20.1. The van der Waals surface area contributed by atoms with E-state index < -0.39 is 0 Å². The highest BCUT2D eigenvalue weighted by atomic mass is 15.7. The van der Waals surface area contributed by atoms with Crippen molar-refractivity contribution in [1.82, 2.24) is 19.6 Å². The molecule has 12 aliphatic heterocycles. The maximum atomic E-state index is 2.97. The van der Waals surface area contributed by atoms with Crippen LogP contribution in [-0.4, -0.2) is 167 Å². The van der Waals surface area contributed by atoms with Crippen LogP contribution in [-0.2, 0) is 26.2 Å². The Bertz CT molecular complexity index is 1320. The van der Waals surface area contributed by atoms with Gasteiger partial charge in [-0.05, 0) is 0 Å². The highest BCUT2D eigenvalue weighted by Gasteiger charge is 2.66. The Morgan fingerprint density at radius 2 is 0.542 bits per heavy atom. The molecule has 0 N–H and O–H groups in total. The van der Waals surface area contributed by atoms with E-state index in [9.17, 15) is 0 Å². The lowest BCUT2D eigenvalue weighted by Gasteiger charge is -2.67. The third-order valence-electron chi connectivity index (χ3n) is 15.8. The van der Waals surface area contributed by atoms with E-state index in [2.05, 4.69) is 68.1 Å². The Morgan fingerprint density at radius 1 is 0.312 bits per heavy atom. The number of piperazine rings is 4. The highest BCUT2D eigenvalue weighted by Crippen LogP contribution is 2.46. The van der Waals surface area contributed by atoms with Crippen molar-refractivity contribution < 1.29 is 17.9 Å². The van der Waals surface area contributed by atoms with Crippen LogP contribution in [0.2, 0.25) is 0 Å². The summed E-state index contributed by atoms with van der Waals surface area (Å²) < 4.78 is 5.20. The summed E-state index contributed by atoms with van der Waals surface area (Å²) in [7, 11) is 0. The minimum absolute atomic E-state index is 0.638. The zero-order valence-electron chi connectivity index (χ0n) is 29.5. The van der Waals surface area contributed by atoms with E-state index in [0.717, 1.165) is 0 Å². The summed E-state index contributed by atoms with van der Waals surface area (Å²) in [5, 5.41) is 0. The van der Waals surface area contributed by atoms with Crippen LogP contribution in [0.3, 0.4) is 0 Å². The van der Waals surface area contributed by atoms with Crippen molar-refractivity contribution in [3.05, 3.63) is 70.8 Å². The molecule has 2 aromatic rings. The van der Waals surface area contributed by atoms with Gasteiger partial charge in [0, 0.05) is 74.1 Å². The molecule has 2 aromatic carbocycles. The fourth-order valence-corrected chi connectivity index (χ4v) is 13.9. The van der Waals surface area contributed by atoms with Crippen LogP contribution in [0.15, 0.2) is 48.5 Å². The molecule has 0 saturated carbocycles. The molecule has 8 fully saturated rings. The van der Waals surface area contributed by atoms with Crippen molar-refractivity contribution in [3.63, 3.8) is 0 Å². The molecule has 48 heavy (non-hydrogen) atoms. The van der Waals surface area contributed by atoms with E-state index in [0.29, 0.717) is 24.7 Å². The van der Waals surface area contributed by atoms with Gasteiger partial charge in [-0.15, -0.1) is 0 Å². The molecule has 12 bridgehead atoms. The van der Waals surface area contributed by atoms with Crippen LogP contribution < -0.4 is 0 Å².